The van der Waals surface area contributed by atoms with Gasteiger partial charge >= 0.3 is 6.01 Å². The third-order valence-electron chi connectivity index (χ3n) is 4.26. The van der Waals surface area contributed by atoms with Gasteiger partial charge in [-0.15, -0.1) is 6.58 Å². The SMILES string of the molecule is C=CC(C)(c1noc(N2CCC(O)CC2)n1)C(C)C. The van der Waals surface area contributed by atoms with E-state index >= 15 is 0 Å². The Bertz CT molecular complexity index is 436. The molecule has 1 fully saturated rings. The number of aliphatic hydroxyl groups is 1. The highest BCUT2D eigenvalue weighted by Crippen LogP contribution is 2.32. The van der Waals surface area contributed by atoms with E-state index in [9.17, 15) is 5.11 Å². The van der Waals surface area contributed by atoms with Gasteiger partial charge in [-0.05, 0) is 25.7 Å². The number of hydrogen-bond donors (Lipinski definition) is 1. The first kappa shape index (κ1) is 14.1. The zero-order valence-electron chi connectivity index (χ0n) is 12.0. The molecule has 106 valence electrons. The number of aliphatic hydroxyl groups excluding tert-OH is 1. The summed E-state index contributed by atoms with van der Waals surface area (Å²) in [6, 6.07) is 0.552. The summed E-state index contributed by atoms with van der Waals surface area (Å²) in [7, 11) is 0. The van der Waals surface area contributed by atoms with Crippen LogP contribution in [0.3, 0.4) is 0 Å². The maximum absolute atomic E-state index is 9.51. The molecule has 2 heterocycles. The van der Waals surface area contributed by atoms with Crippen LogP contribution in [0, 0.1) is 5.92 Å². The van der Waals surface area contributed by atoms with Gasteiger partial charge in [0.15, 0.2) is 5.82 Å². The Balaban J connectivity index is 2.17. The normalized spacial score (nSPS) is 20.6. The molecule has 0 spiro atoms. The van der Waals surface area contributed by atoms with Gasteiger partial charge in [-0.25, -0.2) is 0 Å². The fourth-order valence-corrected chi connectivity index (χ4v) is 2.21. The minimum Gasteiger partial charge on any atom is -0.393 e. The molecule has 1 aromatic rings. The Morgan fingerprint density at radius 2 is 2.11 bits per heavy atom. The summed E-state index contributed by atoms with van der Waals surface area (Å²) in [5.41, 5.74) is -0.281. The van der Waals surface area contributed by atoms with Gasteiger partial charge in [-0.2, -0.15) is 4.98 Å². The fourth-order valence-electron chi connectivity index (χ4n) is 2.21. The number of rotatable bonds is 4. The Kier molecular flexibility index (Phi) is 3.94. The minimum atomic E-state index is -0.281. The topological polar surface area (TPSA) is 62.4 Å². The molecule has 19 heavy (non-hydrogen) atoms. The fraction of sp³-hybridized carbons (Fsp3) is 0.714. The largest absolute Gasteiger partial charge is 0.393 e. The Morgan fingerprint density at radius 1 is 1.47 bits per heavy atom. The first-order valence-corrected chi connectivity index (χ1v) is 6.88. The highest BCUT2D eigenvalue weighted by Gasteiger charge is 2.33. The molecule has 1 aliphatic rings. The maximum atomic E-state index is 9.51. The van der Waals surface area contributed by atoms with Crippen LogP contribution in [0.15, 0.2) is 17.2 Å². The van der Waals surface area contributed by atoms with Crippen molar-refractivity contribution in [2.24, 2.45) is 5.92 Å². The van der Waals surface area contributed by atoms with Crippen LogP contribution < -0.4 is 4.90 Å². The van der Waals surface area contributed by atoms with Crippen LogP contribution in [0.25, 0.3) is 0 Å². The number of hydrogen-bond acceptors (Lipinski definition) is 5. The zero-order chi connectivity index (χ0) is 14.0. The van der Waals surface area contributed by atoms with Crippen LogP contribution in [0.4, 0.5) is 6.01 Å². The van der Waals surface area contributed by atoms with Crippen LogP contribution in [0.1, 0.15) is 39.4 Å². The molecule has 5 heteroatoms. The first-order chi connectivity index (χ1) is 8.97. The van der Waals surface area contributed by atoms with Gasteiger partial charge in [0.25, 0.3) is 0 Å². The molecule has 1 N–H and O–H groups in total. The average molecular weight is 265 g/mol. The lowest BCUT2D eigenvalue weighted by Gasteiger charge is -2.28. The molecule has 0 radical (unpaired) electrons. The van der Waals surface area contributed by atoms with Crippen molar-refractivity contribution in [2.45, 2.75) is 45.1 Å². The predicted octanol–water partition coefficient (Wildman–Crippen LogP) is 2.13. The van der Waals surface area contributed by atoms with Crippen molar-refractivity contribution in [1.82, 2.24) is 10.1 Å². The van der Waals surface area contributed by atoms with E-state index in [-0.39, 0.29) is 11.5 Å². The van der Waals surface area contributed by atoms with Crippen LogP contribution >= 0.6 is 0 Å². The molecular formula is C14H23N3O2. The summed E-state index contributed by atoms with van der Waals surface area (Å²) >= 11 is 0. The van der Waals surface area contributed by atoms with E-state index in [1.165, 1.54) is 0 Å². The van der Waals surface area contributed by atoms with Crippen LogP contribution in [-0.2, 0) is 5.41 Å². The molecule has 0 bridgehead atoms. The third-order valence-corrected chi connectivity index (χ3v) is 4.26. The van der Waals surface area contributed by atoms with Crippen molar-refractivity contribution < 1.29 is 9.63 Å². The summed E-state index contributed by atoms with van der Waals surface area (Å²) in [6.45, 7) is 11.7. The van der Waals surface area contributed by atoms with Crippen LogP contribution in [0.2, 0.25) is 0 Å². The highest BCUT2D eigenvalue weighted by atomic mass is 16.5. The lowest BCUT2D eigenvalue weighted by Crippen LogP contribution is -2.36. The van der Waals surface area contributed by atoms with Gasteiger partial charge in [0.05, 0.1) is 11.5 Å². The monoisotopic (exact) mass is 265 g/mol. The van der Waals surface area contributed by atoms with Gasteiger partial charge in [0.1, 0.15) is 0 Å². The van der Waals surface area contributed by atoms with E-state index in [0.29, 0.717) is 17.8 Å². The van der Waals surface area contributed by atoms with E-state index in [4.69, 9.17) is 4.52 Å². The highest BCUT2D eigenvalue weighted by molar-refractivity contribution is 5.29. The number of anilines is 1. The molecular weight excluding hydrogens is 242 g/mol. The molecule has 2 rings (SSSR count). The van der Waals surface area contributed by atoms with Gasteiger partial charge in [-0.1, -0.05) is 25.1 Å². The molecule has 1 saturated heterocycles. The van der Waals surface area contributed by atoms with Crippen LogP contribution in [-0.4, -0.2) is 34.4 Å². The molecule has 5 nitrogen and oxygen atoms in total. The summed E-state index contributed by atoms with van der Waals surface area (Å²) in [6.07, 6.45) is 3.18. The lowest BCUT2D eigenvalue weighted by atomic mass is 9.78. The summed E-state index contributed by atoms with van der Waals surface area (Å²) < 4.78 is 5.37. The number of aromatic nitrogens is 2. The molecule has 0 aromatic carbocycles. The Hall–Kier alpha value is -1.36. The minimum absolute atomic E-state index is 0.201. The van der Waals surface area contributed by atoms with E-state index in [1.807, 2.05) is 11.0 Å². The second kappa shape index (κ2) is 5.33. The molecule has 1 atom stereocenters. The van der Waals surface area contributed by atoms with Crippen molar-refractivity contribution >= 4 is 6.01 Å². The van der Waals surface area contributed by atoms with Gasteiger partial charge < -0.3 is 14.5 Å². The van der Waals surface area contributed by atoms with E-state index < -0.39 is 0 Å². The zero-order valence-corrected chi connectivity index (χ0v) is 12.0. The predicted molar refractivity (Wildman–Crippen MR) is 74.1 cm³/mol. The molecule has 1 aliphatic heterocycles. The second-order valence-electron chi connectivity index (χ2n) is 5.76. The van der Waals surface area contributed by atoms with Gasteiger partial charge in [0, 0.05) is 13.1 Å². The van der Waals surface area contributed by atoms with Crippen molar-refractivity contribution in [1.29, 1.82) is 0 Å². The molecule has 0 aliphatic carbocycles. The lowest BCUT2D eigenvalue weighted by molar-refractivity contribution is 0.143. The van der Waals surface area contributed by atoms with Gasteiger partial charge in [-0.3, -0.25) is 0 Å². The molecule has 1 unspecified atom stereocenters. The maximum Gasteiger partial charge on any atom is 0.324 e. The van der Waals surface area contributed by atoms with Gasteiger partial charge in [0.2, 0.25) is 0 Å². The number of piperidine rings is 1. The summed E-state index contributed by atoms with van der Waals surface area (Å²) in [5, 5.41) is 13.6. The third kappa shape index (κ3) is 2.66. The summed E-state index contributed by atoms with van der Waals surface area (Å²) in [4.78, 5) is 6.55. The summed E-state index contributed by atoms with van der Waals surface area (Å²) in [5.74, 6) is 1.03. The van der Waals surface area contributed by atoms with Crippen molar-refractivity contribution in [3.05, 3.63) is 18.5 Å². The standard InChI is InChI=1S/C14H23N3O2/c1-5-14(4,10(2)3)12-15-13(19-16-12)17-8-6-11(18)7-9-17/h5,10-11,18H,1,6-9H2,2-4H3. The van der Waals surface area contributed by atoms with E-state index in [0.717, 1.165) is 25.9 Å². The molecule has 0 amide bonds. The van der Waals surface area contributed by atoms with Crippen LogP contribution in [0.5, 0.6) is 0 Å². The molecule has 0 saturated carbocycles. The number of nitrogens with zero attached hydrogens (tertiary/aromatic N) is 3. The molecule has 1 aromatic heterocycles. The Labute approximate surface area is 114 Å². The van der Waals surface area contributed by atoms with E-state index in [1.54, 1.807) is 0 Å². The average Bonchev–Trinajstić information content (AvgIpc) is 2.88. The van der Waals surface area contributed by atoms with E-state index in [2.05, 4.69) is 37.5 Å². The number of allylic oxidation sites excluding steroid dienone is 1. The smallest absolute Gasteiger partial charge is 0.324 e. The van der Waals surface area contributed by atoms with Crippen molar-refractivity contribution in [3.63, 3.8) is 0 Å². The Morgan fingerprint density at radius 3 is 2.63 bits per heavy atom. The van der Waals surface area contributed by atoms with Crippen molar-refractivity contribution in [3.8, 4) is 0 Å². The second-order valence-corrected chi connectivity index (χ2v) is 5.76. The van der Waals surface area contributed by atoms with Crippen molar-refractivity contribution in [2.75, 3.05) is 18.0 Å². The first-order valence-electron chi connectivity index (χ1n) is 6.88. The quantitative estimate of drug-likeness (QED) is 0.845.